The molecule has 0 aliphatic carbocycles. The second-order valence-electron chi connectivity index (χ2n) is 7.98. The van der Waals surface area contributed by atoms with Crippen LogP contribution < -0.4 is 10.5 Å². The minimum atomic E-state index is -0.749. The lowest BCUT2D eigenvalue weighted by Crippen LogP contribution is -2.33. The Morgan fingerprint density at radius 3 is 2.71 bits per heavy atom. The Bertz CT molecular complexity index is 1800. The van der Waals surface area contributed by atoms with E-state index in [1.165, 1.54) is 22.3 Å². The third kappa shape index (κ3) is 3.74. The summed E-state index contributed by atoms with van der Waals surface area (Å²) < 4.78 is 20.5. The molecule has 0 radical (unpaired) electrons. The van der Waals surface area contributed by atoms with Crippen LogP contribution in [0.1, 0.15) is 15.9 Å². The van der Waals surface area contributed by atoms with E-state index in [4.69, 9.17) is 4.42 Å². The molecule has 35 heavy (non-hydrogen) atoms. The van der Waals surface area contributed by atoms with Crippen molar-refractivity contribution in [1.29, 1.82) is 0 Å². The standard InChI is InChI=1S/C27H16FN3O3S/c28-21-8-3-9-23-24(21)30-27(35-23)31(15-16-5-4-12-29-14-16)25(32)20-13-19-18-7-2-1-6-17(18)10-11-22(19)34-26(20)33/h1-14H,15H2. The third-order valence-corrected chi connectivity index (χ3v) is 6.81. The van der Waals surface area contributed by atoms with Crippen molar-refractivity contribution in [2.75, 3.05) is 4.90 Å². The first-order valence-corrected chi connectivity index (χ1v) is 11.6. The number of halogens is 1. The average Bonchev–Trinajstić information content (AvgIpc) is 3.32. The number of thiazole rings is 1. The highest BCUT2D eigenvalue weighted by atomic mass is 32.1. The molecule has 3 heterocycles. The minimum Gasteiger partial charge on any atom is -0.422 e. The van der Waals surface area contributed by atoms with Crippen LogP contribution in [0.3, 0.4) is 0 Å². The zero-order chi connectivity index (χ0) is 23.9. The first-order valence-electron chi connectivity index (χ1n) is 10.8. The van der Waals surface area contributed by atoms with Crippen molar-refractivity contribution in [3.63, 3.8) is 0 Å². The number of nitrogens with zero attached hydrogens (tertiary/aromatic N) is 3. The van der Waals surface area contributed by atoms with Crippen LogP contribution in [0.25, 0.3) is 32.0 Å². The number of hydrogen-bond acceptors (Lipinski definition) is 6. The molecule has 0 saturated carbocycles. The van der Waals surface area contributed by atoms with Gasteiger partial charge in [-0.3, -0.25) is 14.7 Å². The Morgan fingerprint density at radius 2 is 1.89 bits per heavy atom. The molecule has 0 aliphatic heterocycles. The van der Waals surface area contributed by atoms with Gasteiger partial charge >= 0.3 is 5.63 Å². The molecule has 3 aromatic heterocycles. The molecule has 6 rings (SSSR count). The molecule has 3 aromatic carbocycles. The highest BCUT2D eigenvalue weighted by Crippen LogP contribution is 2.32. The van der Waals surface area contributed by atoms with Crippen LogP contribution in [0.15, 0.2) is 94.4 Å². The smallest absolute Gasteiger partial charge is 0.349 e. The van der Waals surface area contributed by atoms with Crippen LogP contribution in [0.2, 0.25) is 0 Å². The number of anilines is 1. The van der Waals surface area contributed by atoms with Crippen molar-refractivity contribution in [3.8, 4) is 0 Å². The molecule has 6 aromatic rings. The van der Waals surface area contributed by atoms with Crippen LogP contribution in [-0.2, 0) is 6.54 Å². The van der Waals surface area contributed by atoms with Crippen LogP contribution in [-0.4, -0.2) is 15.9 Å². The van der Waals surface area contributed by atoms with Gasteiger partial charge in [-0.1, -0.05) is 53.8 Å². The van der Waals surface area contributed by atoms with Crippen LogP contribution in [0, 0.1) is 5.82 Å². The molecule has 0 saturated heterocycles. The Labute approximate surface area is 201 Å². The van der Waals surface area contributed by atoms with E-state index < -0.39 is 17.3 Å². The molecule has 0 aliphatic rings. The summed E-state index contributed by atoms with van der Waals surface area (Å²) in [6.45, 7) is 0.0983. The molecule has 0 atom stereocenters. The van der Waals surface area contributed by atoms with Crippen molar-refractivity contribution >= 4 is 54.3 Å². The minimum absolute atomic E-state index is 0.0983. The summed E-state index contributed by atoms with van der Waals surface area (Å²) in [5.41, 5.74) is 0.425. The molecule has 0 unspecified atom stereocenters. The highest BCUT2D eigenvalue weighted by Gasteiger charge is 2.26. The number of carbonyl (C=O) groups excluding carboxylic acids is 1. The normalized spacial score (nSPS) is 11.3. The molecule has 170 valence electrons. The second-order valence-corrected chi connectivity index (χ2v) is 8.99. The fourth-order valence-corrected chi connectivity index (χ4v) is 5.06. The number of pyridine rings is 1. The summed E-state index contributed by atoms with van der Waals surface area (Å²) in [6.07, 6.45) is 3.26. The Hall–Kier alpha value is -4.43. The van der Waals surface area contributed by atoms with Gasteiger partial charge in [-0.05, 0) is 46.7 Å². The molecular weight excluding hydrogens is 465 g/mol. The lowest BCUT2D eigenvalue weighted by atomic mass is 10.0. The predicted octanol–water partition coefficient (Wildman–Crippen LogP) is 5.94. The van der Waals surface area contributed by atoms with Crippen molar-refractivity contribution in [1.82, 2.24) is 9.97 Å². The van der Waals surface area contributed by atoms with E-state index in [0.29, 0.717) is 15.7 Å². The number of para-hydroxylation sites is 1. The summed E-state index contributed by atoms with van der Waals surface area (Å²) in [5, 5.41) is 2.75. The summed E-state index contributed by atoms with van der Waals surface area (Å²) in [7, 11) is 0. The lowest BCUT2D eigenvalue weighted by Gasteiger charge is -2.19. The van der Waals surface area contributed by atoms with Gasteiger partial charge in [0.15, 0.2) is 5.13 Å². The van der Waals surface area contributed by atoms with Gasteiger partial charge in [0.2, 0.25) is 0 Å². The van der Waals surface area contributed by atoms with Gasteiger partial charge in [0, 0.05) is 17.8 Å². The average molecular weight is 482 g/mol. The van der Waals surface area contributed by atoms with Crippen molar-refractivity contribution in [2.24, 2.45) is 0 Å². The summed E-state index contributed by atoms with van der Waals surface area (Å²) in [6, 6.07) is 21.0. The number of amides is 1. The molecule has 0 spiro atoms. The number of aromatic nitrogens is 2. The molecule has 0 N–H and O–H groups in total. The van der Waals surface area contributed by atoms with Crippen LogP contribution in [0.4, 0.5) is 9.52 Å². The highest BCUT2D eigenvalue weighted by molar-refractivity contribution is 7.22. The van der Waals surface area contributed by atoms with Gasteiger partial charge in [0.05, 0.1) is 11.2 Å². The Kier molecular flexibility index (Phi) is 5.08. The zero-order valence-electron chi connectivity index (χ0n) is 18.1. The monoisotopic (exact) mass is 481 g/mol. The number of hydrogen-bond donors (Lipinski definition) is 0. The fourth-order valence-electron chi connectivity index (χ4n) is 4.09. The predicted molar refractivity (Wildman–Crippen MR) is 134 cm³/mol. The van der Waals surface area contributed by atoms with Gasteiger partial charge in [-0.2, -0.15) is 0 Å². The summed E-state index contributed by atoms with van der Waals surface area (Å²) >= 11 is 1.17. The van der Waals surface area contributed by atoms with Gasteiger partial charge in [0.25, 0.3) is 5.91 Å². The second kappa shape index (κ2) is 8.41. The van der Waals surface area contributed by atoms with Crippen molar-refractivity contribution in [2.45, 2.75) is 6.54 Å². The van der Waals surface area contributed by atoms with E-state index in [0.717, 1.165) is 16.3 Å². The number of benzene rings is 3. The number of rotatable bonds is 4. The molecular formula is C27H16FN3O3S. The first kappa shape index (κ1) is 21.1. The maximum atomic E-state index is 14.4. The third-order valence-electron chi connectivity index (χ3n) is 5.77. The number of carbonyl (C=O) groups is 1. The molecule has 0 fully saturated rings. The van der Waals surface area contributed by atoms with E-state index in [1.54, 1.807) is 42.7 Å². The van der Waals surface area contributed by atoms with Crippen molar-refractivity contribution < 1.29 is 13.6 Å². The molecule has 8 heteroatoms. The maximum Gasteiger partial charge on any atom is 0.349 e. The van der Waals surface area contributed by atoms with Gasteiger partial charge in [-0.15, -0.1) is 0 Å². The van der Waals surface area contributed by atoms with Crippen LogP contribution in [0.5, 0.6) is 0 Å². The first-order chi connectivity index (χ1) is 17.1. The van der Waals surface area contributed by atoms with Crippen LogP contribution >= 0.6 is 11.3 Å². The largest absolute Gasteiger partial charge is 0.422 e. The van der Waals surface area contributed by atoms with E-state index >= 15 is 0 Å². The van der Waals surface area contributed by atoms with E-state index in [9.17, 15) is 14.0 Å². The SMILES string of the molecule is O=C(c1cc2c(ccc3ccccc32)oc1=O)N(Cc1cccnc1)c1nc2c(F)cccc2s1. The lowest BCUT2D eigenvalue weighted by molar-refractivity contribution is 0.0981. The summed E-state index contributed by atoms with van der Waals surface area (Å²) in [4.78, 5) is 36.6. The van der Waals surface area contributed by atoms with Gasteiger partial charge < -0.3 is 4.42 Å². The van der Waals surface area contributed by atoms with E-state index in [2.05, 4.69) is 9.97 Å². The van der Waals surface area contributed by atoms with E-state index in [-0.39, 0.29) is 22.8 Å². The quantitative estimate of drug-likeness (QED) is 0.230. The van der Waals surface area contributed by atoms with E-state index in [1.807, 2.05) is 36.4 Å². The molecule has 0 bridgehead atoms. The maximum absolute atomic E-state index is 14.4. The van der Waals surface area contributed by atoms with Gasteiger partial charge in [0.1, 0.15) is 22.5 Å². The fraction of sp³-hybridized carbons (Fsp3) is 0.0370. The van der Waals surface area contributed by atoms with Crippen molar-refractivity contribution in [3.05, 3.63) is 113 Å². The van der Waals surface area contributed by atoms with Gasteiger partial charge in [-0.25, -0.2) is 14.2 Å². The Morgan fingerprint density at radius 1 is 1.00 bits per heavy atom. The topological polar surface area (TPSA) is 76.3 Å². The zero-order valence-corrected chi connectivity index (χ0v) is 19.0. The Balaban J connectivity index is 1.52. The molecule has 6 nitrogen and oxygen atoms in total. The summed E-state index contributed by atoms with van der Waals surface area (Å²) in [5.74, 6) is -1.06. The molecule has 1 amide bonds. The number of fused-ring (bicyclic) bond motifs is 4.